The quantitative estimate of drug-likeness (QED) is 0.900. The Morgan fingerprint density at radius 3 is 2.30 bits per heavy atom. The van der Waals surface area contributed by atoms with E-state index in [9.17, 15) is 4.79 Å². The lowest BCUT2D eigenvalue weighted by Gasteiger charge is -2.39. The van der Waals surface area contributed by atoms with Gasteiger partial charge in [-0.15, -0.1) is 0 Å². The monoisotopic (exact) mass is 367 g/mol. The van der Waals surface area contributed by atoms with E-state index in [1.54, 1.807) is 6.20 Å². The number of piperazine rings is 1. The number of amides is 1. The molecule has 144 valence electrons. The molecular formula is C21H29N5O. The van der Waals surface area contributed by atoms with Crippen LogP contribution in [0.5, 0.6) is 0 Å². The fraction of sp³-hybridized carbons (Fsp3) is 0.476. The number of aromatic nitrogens is 2. The van der Waals surface area contributed by atoms with Crippen molar-refractivity contribution in [1.29, 1.82) is 0 Å². The smallest absolute Gasteiger partial charge is 0.247 e. The minimum atomic E-state index is -0.656. The number of aryl methyl sites for hydroxylation is 3. The second-order valence-corrected chi connectivity index (χ2v) is 7.82. The van der Waals surface area contributed by atoms with Gasteiger partial charge in [-0.25, -0.2) is 4.98 Å². The van der Waals surface area contributed by atoms with Crippen LogP contribution >= 0.6 is 0 Å². The largest absolute Gasteiger partial charge is 0.372 e. The van der Waals surface area contributed by atoms with Crippen molar-refractivity contribution in [3.05, 3.63) is 47.4 Å². The minimum Gasteiger partial charge on any atom is -0.372 e. The number of rotatable bonds is 4. The molecule has 0 bridgehead atoms. The summed E-state index contributed by atoms with van der Waals surface area (Å²) in [6.07, 6.45) is 1.79. The van der Waals surface area contributed by atoms with Crippen molar-refractivity contribution in [2.24, 2.45) is 0 Å². The van der Waals surface area contributed by atoms with Crippen LogP contribution in [0.15, 0.2) is 30.5 Å². The lowest BCUT2D eigenvalue weighted by Crippen LogP contribution is -2.56. The molecule has 0 radical (unpaired) electrons. The summed E-state index contributed by atoms with van der Waals surface area (Å²) in [7, 11) is 0. The minimum absolute atomic E-state index is 0.120. The molecule has 3 rings (SSSR count). The Balaban J connectivity index is 1.63. The SMILES string of the molecule is Cc1ccc(NC(C)(C)C(=O)N2CCN(c3nc(C)cnc3C)CC2)cc1. The van der Waals surface area contributed by atoms with Gasteiger partial charge in [-0.3, -0.25) is 9.78 Å². The first-order valence-corrected chi connectivity index (χ1v) is 9.46. The molecule has 1 fully saturated rings. The van der Waals surface area contributed by atoms with Gasteiger partial charge in [0.05, 0.1) is 11.4 Å². The summed E-state index contributed by atoms with van der Waals surface area (Å²) in [5.41, 5.74) is 3.36. The highest BCUT2D eigenvalue weighted by Gasteiger charge is 2.34. The molecule has 27 heavy (non-hydrogen) atoms. The van der Waals surface area contributed by atoms with Gasteiger partial charge in [0.1, 0.15) is 11.4 Å². The number of hydrogen-bond donors (Lipinski definition) is 1. The maximum absolute atomic E-state index is 13.1. The van der Waals surface area contributed by atoms with E-state index in [2.05, 4.69) is 27.1 Å². The lowest BCUT2D eigenvalue weighted by atomic mass is 10.0. The van der Waals surface area contributed by atoms with E-state index < -0.39 is 5.54 Å². The number of hydrogen-bond acceptors (Lipinski definition) is 5. The molecule has 0 saturated carbocycles. The molecule has 1 saturated heterocycles. The highest BCUT2D eigenvalue weighted by molar-refractivity contribution is 5.88. The summed E-state index contributed by atoms with van der Waals surface area (Å²) in [6.45, 7) is 12.8. The number of nitrogens with zero attached hydrogens (tertiary/aromatic N) is 4. The van der Waals surface area contributed by atoms with Crippen LogP contribution in [-0.2, 0) is 4.79 Å². The van der Waals surface area contributed by atoms with Crippen molar-refractivity contribution in [2.45, 2.75) is 40.2 Å². The van der Waals surface area contributed by atoms with Gasteiger partial charge < -0.3 is 15.1 Å². The van der Waals surface area contributed by atoms with E-state index in [-0.39, 0.29) is 5.91 Å². The van der Waals surface area contributed by atoms with E-state index in [0.29, 0.717) is 13.1 Å². The van der Waals surface area contributed by atoms with Gasteiger partial charge in [0.15, 0.2) is 0 Å². The lowest BCUT2D eigenvalue weighted by molar-refractivity contribution is -0.135. The summed E-state index contributed by atoms with van der Waals surface area (Å²) < 4.78 is 0. The number of benzene rings is 1. The predicted molar refractivity (Wildman–Crippen MR) is 109 cm³/mol. The number of nitrogens with one attached hydrogen (secondary N) is 1. The molecular weight excluding hydrogens is 338 g/mol. The summed E-state index contributed by atoms with van der Waals surface area (Å²) in [5.74, 6) is 1.05. The van der Waals surface area contributed by atoms with E-state index in [0.717, 1.165) is 36.0 Å². The van der Waals surface area contributed by atoms with Crippen LogP contribution in [-0.4, -0.2) is 52.5 Å². The van der Waals surface area contributed by atoms with Gasteiger partial charge >= 0.3 is 0 Å². The molecule has 1 aromatic carbocycles. The van der Waals surface area contributed by atoms with E-state index in [4.69, 9.17) is 0 Å². The third-order valence-corrected chi connectivity index (χ3v) is 4.96. The van der Waals surface area contributed by atoms with Crippen LogP contribution in [0, 0.1) is 20.8 Å². The summed E-state index contributed by atoms with van der Waals surface area (Å²) >= 11 is 0. The molecule has 0 atom stereocenters. The fourth-order valence-electron chi connectivity index (χ4n) is 3.39. The van der Waals surface area contributed by atoms with Gasteiger partial charge in [-0.2, -0.15) is 0 Å². The van der Waals surface area contributed by atoms with E-state index >= 15 is 0 Å². The summed E-state index contributed by atoms with van der Waals surface area (Å²) in [4.78, 5) is 26.3. The molecule has 1 aliphatic rings. The van der Waals surface area contributed by atoms with Crippen molar-refractivity contribution in [2.75, 3.05) is 36.4 Å². The second-order valence-electron chi connectivity index (χ2n) is 7.82. The molecule has 1 amide bonds. The molecule has 1 aromatic heterocycles. The molecule has 0 unspecified atom stereocenters. The third-order valence-electron chi connectivity index (χ3n) is 4.96. The van der Waals surface area contributed by atoms with Crippen LogP contribution < -0.4 is 10.2 Å². The van der Waals surface area contributed by atoms with E-state index in [1.807, 2.05) is 56.9 Å². The molecule has 1 N–H and O–H groups in total. The van der Waals surface area contributed by atoms with Crippen molar-refractivity contribution in [3.63, 3.8) is 0 Å². The standard InChI is InChI=1S/C21H29N5O/c1-15-6-8-18(9-7-15)24-21(4,5)20(27)26-12-10-25(11-13-26)19-17(3)22-14-16(2)23-19/h6-9,14,24H,10-13H2,1-5H3. The predicted octanol–water partition coefficient (Wildman–Crippen LogP) is 2.94. The first-order valence-electron chi connectivity index (χ1n) is 9.46. The second kappa shape index (κ2) is 7.55. The van der Waals surface area contributed by atoms with Crippen LogP contribution in [0.1, 0.15) is 30.8 Å². The van der Waals surface area contributed by atoms with Gasteiger partial charge in [-0.05, 0) is 46.8 Å². The average molecular weight is 367 g/mol. The Hall–Kier alpha value is -2.63. The maximum atomic E-state index is 13.1. The highest BCUT2D eigenvalue weighted by atomic mass is 16.2. The zero-order valence-electron chi connectivity index (χ0n) is 16.9. The summed E-state index contributed by atoms with van der Waals surface area (Å²) in [6, 6.07) is 8.13. The zero-order chi connectivity index (χ0) is 19.6. The van der Waals surface area contributed by atoms with Crippen molar-refractivity contribution < 1.29 is 4.79 Å². The highest BCUT2D eigenvalue weighted by Crippen LogP contribution is 2.21. The molecule has 0 spiro atoms. The molecule has 6 heteroatoms. The Morgan fingerprint density at radius 2 is 1.67 bits per heavy atom. The van der Waals surface area contributed by atoms with Crippen LogP contribution in [0.3, 0.4) is 0 Å². The van der Waals surface area contributed by atoms with Gasteiger partial charge in [0.2, 0.25) is 5.91 Å². The third kappa shape index (κ3) is 4.38. The Bertz CT molecular complexity index is 808. The number of carbonyl (C=O) groups is 1. The van der Waals surface area contributed by atoms with Crippen LogP contribution in [0.2, 0.25) is 0 Å². The van der Waals surface area contributed by atoms with E-state index in [1.165, 1.54) is 5.56 Å². The van der Waals surface area contributed by atoms with Crippen molar-refractivity contribution in [1.82, 2.24) is 14.9 Å². The topological polar surface area (TPSA) is 61.4 Å². The number of carbonyl (C=O) groups excluding carboxylic acids is 1. The first kappa shape index (κ1) is 19.1. The van der Waals surface area contributed by atoms with Gasteiger partial charge in [-0.1, -0.05) is 17.7 Å². The number of anilines is 2. The Labute approximate surface area is 161 Å². The molecule has 2 heterocycles. The molecule has 0 aliphatic carbocycles. The average Bonchev–Trinajstić information content (AvgIpc) is 2.65. The first-order chi connectivity index (χ1) is 12.8. The van der Waals surface area contributed by atoms with Crippen molar-refractivity contribution in [3.8, 4) is 0 Å². The van der Waals surface area contributed by atoms with Crippen LogP contribution in [0.4, 0.5) is 11.5 Å². The molecule has 2 aromatic rings. The van der Waals surface area contributed by atoms with Gasteiger partial charge in [0.25, 0.3) is 0 Å². The maximum Gasteiger partial charge on any atom is 0.247 e. The molecule has 1 aliphatic heterocycles. The normalized spacial score (nSPS) is 15.0. The Kier molecular flexibility index (Phi) is 5.35. The van der Waals surface area contributed by atoms with Crippen molar-refractivity contribution >= 4 is 17.4 Å². The molecule has 6 nitrogen and oxygen atoms in total. The zero-order valence-corrected chi connectivity index (χ0v) is 16.9. The van der Waals surface area contributed by atoms with Crippen LogP contribution in [0.25, 0.3) is 0 Å². The Morgan fingerprint density at radius 1 is 1.04 bits per heavy atom. The fourth-order valence-corrected chi connectivity index (χ4v) is 3.39. The van der Waals surface area contributed by atoms with Gasteiger partial charge in [0, 0.05) is 38.1 Å². The summed E-state index contributed by atoms with van der Waals surface area (Å²) in [5, 5.41) is 3.37.